The lowest BCUT2D eigenvalue weighted by Crippen LogP contribution is -2.41. The minimum absolute atomic E-state index is 0.0458. The van der Waals surface area contributed by atoms with Gasteiger partial charge in [-0.2, -0.15) is 5.26 Å². The van der Waals surface area contributed by atoms with Gasteiger partial charge in [0.1, 0.15) is 17.6 Å². The zero-order valence-electron chi connectivity index (χ0n) is 16.4. The van der Waals surface area contributed by atoms with Crippen LogP contribution in [0.2, 0.25) is 0 Å². The molecule has 1 unspecified atom stereocenters. The second-order valence-corrected chi connectivity index (χ2v) is 7.08. The average Bonchev–Trinajstić information content (AvgIpc) is 2.81. The van der Waals surface area contributed by atoms with Gasteiger partial charge in [0, 0.05) is 25.5 Å². The van der Waals surface area contributed by atoms with Gasteiger partial charge in [-0.1, -0.05) is 12.1 Å². The smallest absolute Gasteiger partial charge is 0.229 e. The van der Waals surface area contributed by atoms with E-state index in [2.05, 4.69) is 26.3 Å². The molecule has 0 bridgehead atoms. The van der Waals surface area contributed by atoms with Gasteiger partial charge in [-0.05, 0) is 49.2 Å². The first-order valence-electron chi connectivity index (χ1n) is 9.82. The predicted molar refractivity (Wildman–Crippen MR) is 113 cm³/mol. The third kappa shape index (κ3) is 4.55. The molecule has 0 radical (unpaired) electrons. The molecule has 1 atom stereocenters. The number of rotatable bonds is 5. The molecule has 150 valence electrons. The number of carbonyl (C=O) groups is 1. The molecule has 0 spiro atoms. The largest absolute Gasteiger partial charge is 0.454 e. The number of benzene rings is 1. The monoisotopic (exact) mass is 399 g/mol. The minimum atomic E-state index is -0.164. The van der Waals surface area contributed by atoms with Gasteiger partial charge in [-0.15, -0.1) is 0 Å². The van der Waals surface area contributed by atoms with E-state index in [-0.39, 0.29) is 11.8 Å². The maximum absolute atomic E-state index is 13.0. The van der Waals surface area contributed by atoms with Crippen LogP contribution in [0.25, 0.3) is 0 Å². The summed E-state index contributed by atoms with van der Waals surface area (Å²) < 4.78 is 5.89. The van der Waals surface area contributed by atoms with E-state index in [0.717, 1.165) is 25.2 Å². The summed E-state index contributed by atoms with van der Waals surface area (Å²) in [7, 11) is 0. The van der Waals surface area contributed by atoms with Crippen LogP contribution in [0.5, 0.6) is 11.5 Å². The van der Waals surface area contributed by atoms with Crippen LogP contribution in [0.4, 0.5) is 11.5 Å². The Labute approximate surface area is 175 Å². The van der Waals surface area contributed by atoms with Crippen LogP contribution in [-0.2, 0) is 4.79 Å². The van der Waals surface area contributed by atoms with Crippen LogP contribution in [0.3, 0.4) is 0 Å². The Morgan fingerprint density at radius 1 is 1.17 bits per heavy atom. The van der Waals surface area contributed by atoms with Gasteiger partial charge < -0.3 is 15.0 Å². The third-order valence-corrected chi connectivity index (χ3v) is 5.00. The summed E-state index contributed by atoms with van der Waals surface area (Å²) in [5, 5.41) is 12.0. The van der Waals surface area contributed by atoms with E-state index in [0.29, 0.717) is 29.3 Å². The molecule has 30 heavy (non-hydrogen) atoms. The molecule has 1 fully saturated rings. The van der Waals surface area contributed by atoms with Crippen molar-refractivity contribution in [2.24, 2.45) is 5.92 Å². The molecule has 0 saturated carbocycles. The fourth-order valence-corrected chi connectivity index (χ4v) is 3.47. The highest BCUT2D eigenvalue weighted by molar-refractivity contribution is 5.94. The summed E-state index contributed by atoms with van der Waals surface area (Å²) in [6.45, 7) is 1.42. The Morgan fingerprint density at radius 3 is 2.83 bits per heavy atom. The molecule has 1 N–H and O–H groups in total. The minimum Gasteiger partial charge on any atom is -0.454 e. The van der Waals surface area contributed by atoms with E-state index in [1.165, 1.54) is 0 Å². The van der Waals surface area contributed by atoms with Gasteiger partial charge in [-0.25, -0.2) is 4.98 Å². The van der Waals surface area contributed by atoms with Gasteiger partial charge in [0.2, 0.25) is 5.91 Å². The van der Waals surface area contributed by atoms with Crippen molar-refractivity contribution in [3.8, 4) is 17.6 Å². The Bertz CT molecular complexity index is 1050. The molecular formula is C23H21N5O2. The van der Waals surface area contributed by atoms with E-state index in [4.69, 9.17) is 10.00 Å². The SMILES string of the molecule is N#Cc1ccc(N2CCCC(C(=O)Nc3ccccc3Oc3cccnc3)C2)nc1. The molecule has 1 amide bonds. The molecule has 0 aliphatic carbocycles. The first kappa shape index (κ1) is 19.4. The van der Waals surface area contributed by atoms with Gasteiger partial charge in [-0.3, -0.25) is 9.78 Å². The van der Waals surface area contributed by atoms with Crippen LogP contribution < -0.4 is 15.0 Å². The first-order chi connectivity index (χ1) is 14.7. The number of hydrogen-bond acceptors (Lipinski definition) is 6. The molecule has 2 aromatic heterocycles. The summed E-state index contributed by atoms with van der Waals surface area (Å²) in [6, 6.07) is 16.6. The number of ether oxygens (including phenoxy) is 1. The van der Waals surface area contributed by atoms with E-state index in [1.807, 2.05) is 36.4 Å². The van der Waals surface area contributed by atoms with Crippen molar-refractivity contribution in [2.45, 2.75) is 12.8 Å². The number of piperidine rings is 1. The molecule has 1 aliphatic heterocycles. The lowest BCUT2D eigenvalue weighted by atomic mass is 9.97. The summed E-state index contributed by atoms with van der Waals surface area (Å²) in [5.74, 6) is 1.75. The third-order valence-electron chi connectivity index (χ3n) is 5.00. The quantitative estimate of drug-likeness (QED) is 0.697. The van der Waals surface area contributed by atoms with E-state index < -0.39 is 0 Å². The number of pyridine rings is 2. The number of nitriles is 1. The highest BCUT2D eigenvalue weighted by Crippen LogP contribution is 2.30. The Hall–Kier alpha value is -3.92. The average molecular weight is 399 g/mol. The van der Waals surface area contributed by atoms with E-state index >= 15 is 0 Å². The molecule has 1 aliphatic rings. The van der Waals surface area contributed by atoms with Gasteiger partial charge in [0.25, 0.3) is 0 Å². The normalized spacial score (nSPS) is 15.8. The van der Waals surface area contributed by atoms with Gasteiger partial charge in [0.05, 0.1) is 23.4 Å². The van der Waals surface area contributed by atoms with Crippen molar-refractivity contribution in [3.63, 3.8) is 0 Å². The van der Waals surface area contributed by atoms with Crippen molar-refractivity contribution in [1.29, 1.82) is 5.26 Å². The second kappa shape index (κ2) is 9.05. The molecule has 3 heterocycles. The molecule has 1 aromatic carbocycles. The summed E-state index contributed by atoms with van der Waals surface area (Å²) in [4.78, 5) is 23.5. The number of amides is 1. The topological polar surface area (TPSA) is 91.1 Å². The van der Waals surface area contributed by atoms with Crippen molar-refractivity contribution >= 4 is 17.4 Å². The fourth-order valence-electron chi connectivity index (χ4n) is 3.47. The summed E-state index contributed by atoms with van der Waals surface area (Å²) >= 11 is 0. The van der Waals surface area contributed by atoms with Crippen LogP contribution in [-0.4, -0.2) is 29.0 Å². The van der Waals surface area contributed by atoms with Crippen molar-refractivity contribution in [1.82, 2.24) is 9.97 Å². The number of hydrogen-bond donors (Lipinski definition) is 1. The first-order valence-corrected chi connectivity index (χ1v) is 9.82. The zero-order valence-corrected chi connectivity index (χ0v) is 16.4. The van der Waals surface area contributed by atoms with Gasteiger partial charge >= 0.3 is 0 Å². The van der Waals surface area contributed by atoms with Crippen LogP contribution in [0.1, 0.15) is 18.4 Å². The summed E-state index contributed by atoms with van der Waals surface area (Å²) in [5.41, 5.74) is 1.15. The Morgan fingerprint density at radius 2 is 2.07 bits per heavy atom. The molecule has 4 rings (SSSR count). The lowest BCUT2D eigenvalue weighted by Gasteiger charge is -2.33. The standard InChI is InChI=1S/C23H21N5O2/c24-13-17-9-10-22(26-14-17)28-12-4-5-18(16-28)23(29)27-20-7-1-2-8-21(20)30-19-6-3-11-25-15-19/h1-3,6-11,14-15,18H,4-5,12,16H2,(H,27,29). The molecule has 1 saturated heterocycles. The zero-order chi connectivity index (χ0) is 20.8. The van der Waals surface area contributed by atoms with Crippen molar-refractivity contribution in [2.75, 3.05) is 23.3 Å². The van der Waals surface area contributed by atoms with Gasteiger partial charge in [0.15, 0.2) is 5.75 Å². The number of anilines is 2. The predicted octanol–water partition coefficient (Wildman–Crippen LogP) is 4.00. The van der Waals surface area contributed by atoms with Crippen molar-refractivity contribution < 1.29 is 9.53 Å². The molecular weight excluding hydrogens is 378 g/mol. The summed E-state index contributed by atoms with van der Waals surface area (Å²) in [6.07, 6.45) is 6.57. The number of nitrogens with one attached hydrogen (secondary N) is 1. The maximum Gasteiger partial charge on any atom is 0.229 e. The highest BCUT2D eigenvalue weighted by atomic mass is 16.5. The molecule has 3 aromatic rings. The second-order valence-electron chi connectivity index (χ2n) is 7.08. The highest BCUT2D eigenvalue weighted by Gasteiger charge is 2.27. The lowest BCUT2D eigenvalue weighted by molar-refractivity contribution is -0.120. The Balaban J connectivity index is 1.44. The van der Waals surface area contributed by atoms with Crippen LogP contribution >= 0.6 is 0 Å². The molecule has 7 nitrogen and oxygen atoms in total. The number of carbonyl (C=O) groups excluding carboxylic acids is 1. The van der Waals surface area contributed by atoms with Crippen LogP contribution in [0.15, 0.2) is 67.1 Å². The number of para-hydroxylation sites is 2. The van der Waals surface area contributed by atoms with Crippen LogP contribution in [0, 0.1) is 17.2 Å². The maximum atomic E-state index is 13.0. The number of aromatic nitrogens is 2. The number of nitrogens with zero attached hydrogens (tertiary/aromatic N) is 4. The fraction of sp³-hybridized carbons (Fsp3) is 0.217. The van der Waals surface area contributed by atoms with E-state index in [9.17, 15) is 4.79 Å². The molecule has 7 heteroatoms. The Kier molecular flexibility index (Phi) is 5.85. The van der Waals surface area contributed by atoms with E-state index in [1.54, 1.807) is 30.7 Å². The van der Waals surface area contributed by atoms with Crippen molar-refractivity contribution in [3.05, 3.63) is 72.7 Å².